The molecule has 0 bridgehead atoms. The molecule has 0 saturated heterocycles. The molecule has 9 heteroatoms. The Hall–Kier alpha value is -2.68. The van der Waals surface area contributed by atoms with Crippen molar-refractivity contribution < 1.29 is 14.3 Å². The number of rotatable bonds is 6. The van der Waals surface area contributed by atoms with E-state index in [1.165, 1.54) is 28.2 Å². The van der Waals surface area contributed by atoms with Crippen LogP contribution in [0.5, 0.6) is 0 Å². The number of carbonyl (C=O) groups is 1. The molecule has 4 aromatic rings. The number of halogens is 2. The van der Waals surface area contributed by atoms with Crippen LogP contribution in [0.4, 0.5) is 4.39 Å². The second kappa shape index (κ2) is 9.52. The minimum atomic E-state index is -1.16. The number of nitrogens with zero attached hydrogens (tertiary/aromatic N) is 3. The van der Waals surface area contributed by atoms with E-state index in [9.17, 15) is 14.3 Å². The maximum atomic E-state index is 13.9. The van der Waals surface area contributed by atoms with Crippen LogP contribution in [0.15, 0.2) is 40.6 Å². The van der Waals surface area contributed by atoms with Gasteiger partial charge in [-0.1, -0.05) is 48.9 Å². The van der Waals surface area contributed by atoms with Crippen molar-refractivity contribution in [1.29, 1.82) is 0 Å². The molecule has 0 radical (unpaired) electrons. The summed E-state index contributed by atoms with van der Waals surface area (Å²) in [5.41, 5.74) is 5.00. The zero-order valence-electron chi connectivity index (χ0n) is 19.3. The molecular formula is C25H23ClFN3O2S2. The van der Waals surface area contributed by atoms with Crippen molar-refractivity contribution in [3.05, 3.63) is 69.8 Å². The lowest BCUT2D eigenvalue weighted by molar-refractivity contribution is 0.0688. The van der Waals surface area contributed by atoms with Gasteiger partial charge in [0.05, 0.1) is 15.6 Å². The number of aromatic carboxylic acids is 1. The second-order valence-electron chi connectivity index (χ2n) is 8.25. The maximum absolute atomic E-state index is 13.9. The van der Waals surface area contributed by atoms with Crippen molar-refractivity contribution in [3.63, 3.8) is 0 Å². The molecule has 2 heterocycles. The predicted molar refractivity (Wildman–Crippen MR) is 137 cm³/mol. The van der Waals surface area contributed by atoms with E-state index in [1.807, 2.05) is 26.0 Å². The normalized spacial score (nSPS) is 11.4. The number of aryl methyl sites for hydroxylation is 3. The van der Waals surface area contributed by atoms with Gasteiger partial charge in [0, 0.05) is 21.4 Å². The number of thioether (sulfide) groups is 1. The minimum Gasteiger partial charge on any atom is -0.476 e. The number of carboxylic acids is 1. The Labute approximate surface area is 210 Å². The van der Waals surface area contributed by atoms with E-state index < -0.39 is 11.8 Å². The van der Waals surface area contributed by atoms with Crippen LogP contribution in [-0.2, 0) is 0 Å². The summed E-state index contributed by atoms with van der Waals surface area (Å²) in [5.74, 6) is -1.60. The number of carboxylic acid groups (broad SMARTS) is 1. The van der Waals surface area contributed by atoms with E-state index in [1.54, 1.807) is 30.8 Å². The molecule has 34 heavy (non-hydrogen) atoms. The molecule has 5 nitrogen and oxygen atoms in total. The van der Waals surface area contributed by atoms with Gasteiger partial charge in [0.2, 0.25) is 5.13 Å². The zero-order chi connectivity index (χ0) is 24.7. The minimum absolute atomic E-state index is 0.0472. The molecule has 176 valence electrons. The molecule has 0 aliphatic rings. The van der Waals surface area contributed by atoms with Gasteiger partial charge in [-0.15, -0.1) is 11.8 Å². The van der Waals surface area contributed by atoms with E-state index in [4.69, 9.17) is 16.6 Å². The number of benzene rings is 2. The third kappa shape index (κ3) is 4.62. The van der Waals surface area contributed by atoms with Crippen molar-refractivity contribution in [1.82, 2.24) is 14.8 Å². The first-order valence-electron chi connectivity index (χ1n) is 10.6. The molecule has 0 atom stereocenters. The van der Waals surface area contributed by atoms with Crippen LogP contribution >= 0.6 is 34.7 Å². The molecular weight excluding hydrogens is 493 g/mol. The lowest BCUT2D eigenvalue weighted by Crippen LogP contribution is -2.09. The van der Waals surface area contributed by atoms with E-state index in [2.05, 4.69) is 18.9 Å². The molecule has 2 aromatic carbocycles. The van der Waals surface area contributed by atoms with Gasteiger partial charge in [-0.3, -0.25) is 0 Å². The molecule has 0 amide bonds. The first-order valence-corrected chi connectivity index (χ1v) is 12.7. The fraction of sp³-hybridized carbons (Fsp3) is 0.240. The first kappa shape index (κ1) is 24.4. The summed E-state index contributed by atoms with van der Waals surface area (Å²) in [7, 11) is 0. The smallest absolute Gasteiger partial charge is 0.355 e. The standard InChI is InChI=1S/C25H23ClFN3O2S2/c1-12(2)33-24-21(19-13(3)9-17(26)10-14(19)4)28-25(34-24)30-22(23(31)32)20(15(5)29-30)16-7-6-8-18(27)11-16/h6-12H,1-5H3,(H,31,32). The van der Waals surface area contributed by atoms with Crippen LogP contribution in [0.3, 0.4) is 0 Å². The van der Waals surface area contributed by atoms with Crippen molar-refractivity contribution in [2.75, 3.05) is 0 Å². The quantitative estimate of drug-likeness (QED) is 0.268. The highest BCUT2D eigenvalue weighted by atomic mass is 35.5. The van der Waals surface area contributed by atoms with Gasteiger partial charge in [0.1, 0.15) is 5.82 Å². The second-order valence-corrected chi connectivity index (χ2v) is 11.5. The summed E-state index contributed by atoms with van der Waals surface area (Å²) in [6.45, 7) is 9.88. The van der Waals surface area contributed by atoms with E-state index in [0.29, 0.717) is 32.2 Å². The number of hydrogen-bond donors (Lipinski definition) is 1. The van der Waals surface area contributed by atoms with E-state index in [0.717, 1.165) is 26.6 Å². The first-order chi connectivity index (χ1) is 16.1. The Kier molecular flexibility index (Phi) is 6.85. The SMILES string of the molecule is Cc1cc(Cl)cc(C)c1-c1nc(-n2nc(C)c(-c3cccc(F)c3)c2C(=O)O)sc1SC(C)C. The number of thiazole rings is 1. The molecule has 0 saturated carbocycles. The maximum Gasteiger partial charge on any atom is 0.355 e. The topological polar surface area (TPSA) is 68.0 Å². The van der Waals surface area contributed by atoms with Gasteiger partial charge in [-0.2, -0.15) is 9.78 Å². The van der Waals surface area contributed by atoms with Crippen LogP contribution in [0.25, 0.3) is 27.5 Å². The monoisotopic (exact) mass is 515 g/mol. The van der Waals surface area contributed by atoms with Gasteiger partial charge in [0.15, 0.2) is 5.69 Å². The highest BCUT2D eigenvalue weighted by Crippen LogP contribution is 2.43. The molecule has 2 aromatic heterocycles. The van der Waals surface area contributed by atoms with Gasteiger partial charge >= 0.3 is 5.97 Å². The largest absolute Gasteiger partial charge is 0.476 e. The average molecular weight is 516 g/mol. The van der Waals surface area contributed by atoms with Crippen molar-refractivity contribution in [2.45, 2.75) is 44.1 Å². The number of aromatic nitrogens is 3. The van der Waals surface area contributed by atoms with Crippen LogP contribution in [-0.4, -0.2) is 31.1 Å². The van der Waals surface area contributed by atoms with Crippen LogP contribution in [0.1, 0.15) is 41.2 Å². The average Bonchev–Trinajstić information content (AvgIpc) is 3.28. The van der Waals surface area contributed by atoms with Crippen LogP contribution in [0.2, 0.25) is 5.02 Å². The summed E-state index contributed by atoms with van der Waals surface area (Å²) in [5, 5.41) is 16.0. The van der Waals surface area contributed by atoms with Crippen molar-refractivity contribution >= 4 is 40.7 Å². The molecule has 0 spiro atoms. The third-order valence-electron chi connectivity index (χ3n) is 5.22. The molecule has 0 aliphatic heterocycles. The molecule has 1 N–H and O–H groups in total. The zero-order valence-corrected chi connectivity index (χ0v) is 21.7. The number of hydrogen-bond acceptors (Lipinski definition) is 5. The predicted octanol–water partition coefficient (Wildman–Crippen LogP) is 7.58. The summed E-state index contributed by atoms with van der Waals surface area (Å²) >= 11 is 9.31. The van der Waals surface area contributed by atoms with Gasteiger partial charge in [-0.25, -0.2) is 14.2 Å². The summed E-state index contributed by atoms with van der Waals surface area (Å²) in [4.78, 5) is 17.3. The molecule has 4 rings (SSSR count). The van der Waals surface area contributed by atoms with Crippen molar-refractivity contribution in [3.8, 4) is 27.5 Å². The lowest BCUT2D eigenvalue weighted by atomic mass is 10.0. The van der Waals surface area contributed by atoms with Crippen LogP contribution < -0.4 is 0 Å². The Balaban J connectivity index is 1.96. The third-order valence-corrected chi connectivity index (χ3v) is 7.68. The highest BCUT2D eigenvalue weighted by molar-refractivity contribution is 8.01. The van der Waals surface area contributed by atoms with E-state index in [-0.39, 0.29) is 5.69 Å². The van der Waals surface area contributed by atoms with Crippen molar-refractivity contribution in [2.24, 2.45) is 0 Å². The molecule has 0 fully saturated rings. The lowest BCUT2D eigenvalue weighted by Gasteiger charge is -2.11. The fourth-order valence-electron chi connectivity index (χ4n) is 3.97. The van der Waals surface area contributed by atoms with E-state index >= 15 is 0 Å². The summed E-state index contributed by atoms with van der Waals surface area (Å²) in [6.07, 6.45) is 0. The summed E-state index contributed by atoms with van der Waals surface area (Å²) < 4.78 is 16.2. The Morgan fingerprint density at radius 3 is 2.41 bits per heavy atom. The highest BCUT2D eigenvalue weighted by Gasteiger charge is 2.27. The molecule has 0 aliphatic carbocycles. The molecule has 0 unspecified atom stereocenters. The van der Waals surface area contributed by atoms with Crippen LogP contribution in [0, 0.1) is 26.6 Å². The van der Waals surface area contributed by atoms with Gasteiger partial charge in [0.25, 0.3) is 0 Å². The van der Waals surface area contributed by atoms with Gasteiger partial charge < -0.3 is 5.11 Å². The Bertz CT molecular complexity index is 1390. The van der Waals surface area contributed by atoms with Gasteiger partial charge in [-0.05, 0) is 61.7 Å². The Morgan fingerprint density at radius 1 is 1.15 bits per heavy atom. The summed E-state index contributed by atoms with van der Waals surface area (Å²) in [6, 6.07) is 9.66. The fourth-order valence-corrected chi connectivity index (χ4v) is 6.75. The Morgan fingerprint density at radius 2 is 1.82 bits per heavy atom.